The molecule has 1 atom stereocenters. The Hall–Kier alpha value is -3.51. The van der Waals surface area contributed by atoms with Crippen LogP contribution >= 0.6 is 0 Å². The molecule has 0 fully saturated rings. The summed E-state index contributed by atoms with van der Waals surface area (Å²) in [6, 6.07) is 6.12. The number of halogens is 1. The molecule has 0 radical (unpaired) electrons. The van der Waals surface area contributed by atoms with Gasteiger partial charge in [-0.25, -0.2) is 19.0 Å². The molecule has 0 spiro atoms. The molecule has 8 nitrogen and oxygen atoms in total. The number of hydrogen-bond acceptors (Lipinski definition) is 7. The number of anilines is 1. The highest BCUT2D eigenvalue weighted by atomic mass is 19.1. The molecule has 2 aromatic rings. The summed E-state index contributed by atoms with van der Waals surface area (Å²) in [6.45, 7) is 13.7. The molecule has 0 unspecified atom stereocenters. The van der Waals surface area contributed by atoms with Crippen molar-refractivity contribution in [3.8, 4) is 17.2 Å². The van der Waals surface area contributed by atoms with E-state index in [0.717, 1.165) is 6.07 Å². The van der Waals surface area contributed by atoms with Crippen molar-refractivity contribution in [2.75, 3.05) is 12.4 Å². The lowest BCUT2D eigenvalue weighted by atomic mass is 9.89. The quantitative estimate of drug-likeness (QED) is 0.537. The number of carbonyl (C=O) groups excluding carboxylic acids is 2. The molecule has 1 aromatic heterocycles. The highest BCUT2D eigenvalue weighted by Crippen LogP contribution is 2.39. The van der Waals surface area contributed by atoms with Crippen molar-refractivity contribution in [1.82, 2.24) is 4.98 Å². The Morgan fingerprint density at radius 3 is 2.23 bits per heavy atom. The van der Waals surface area contributed by atoms with Gasteiger partial charge in [0.05, 0.1) is 12.7 Å². The summed E-state index contributed by atoms with van der Waals surface area (Å²) in [4.78, 5) is 29.2. The van der Waals surface area contributed by atoms with Crippen molar-refractivity contribution in [1.29, 1.82) is 5.26 Å². The maximum absolute atomic E-state index is 15.5. The Labute approximate surface area is 205 Å². The van der Waals surface area contributed by atoms with Crippen LogP contribution in [-0.2, 0) is 19.0 Å². The number of hydrogen-bond donors (Lipinski definition) is 1. The van der Waals surface area contributed by atoms with E-state index in [2.05, 4.69) is 10.3 Å². The number of carbonyl (C=O) groups is 2. The van der Waals surface area contributed by atoms with Crippen LogP contribution in [0.4, 0.5) is 14.9 Å². The molecule has 1 heterocycles. The molecule has 0 aliphatic carbocycles. The lowest BCUT2D eigenvalue weighted by Crippen LogP contribution is -2.29. The molecule has 9 heteroatoms. The first-order valence-corrected chi connectivity index (χ1v) is 11.0. The maximum atomic E-state index is 15.5. The number of ether oxygens (including phenoxy) is 3. The fraction of sp³-hybridized carbons (Fsp3) is 0.462. The second-order valence-electron chi connectivity index (χ2n) is 10.0. The Kier molecular flexibility index (Phi) is 8.24. The number of methoxy groups -OCH3 is 1. The Bertz CT molecular complexity index is 1170. The third kappa shape index (κ3) is 6.99. The van der Waals surface area contributed by atoms with E-state index >= 15 is 4.39 Å². The van der Waals surface area contributed by atoms with E-state index in [1.54, 1.807) is 55.4 Å². The standard InChI is InChI=1S/C26H32FN3O5/c1-14-19(13-28)29-15(2)21(22(23(31)33-9)34-25(3,4)5)20(14)17-11-10-16(12-18(17)27)30-24(32)35-26(6,7)8/h10-12,22H,1-9H3,(H,30,32)/t22-/m0/s1. The molecular formula is C26H32FN3O5. The Morgan fingerprint density at radius 2 is 1.74 bits per heavy atom. The first-order valence-electron chi connectivity index (χ1n) is 11.0. The van der Waals surface area contributed by atoms with E-state index in [1.807, 2.05) is 6.07 Å². The third-order valence-corrected chi connectivity index (χ3v) is 4.81. The predicted octanol–water partition coefficient (Wildman–Crippen LogP) is 5.75. The average molecular weight is 486 g/mol. The van der Waals surface area contributed by atoms with Gasteiger partial charge in [-0.15, -0.1) is 0 Å². The highest BCUT2D eigenvalue weighted by Gasteiger charge is 2.34. The Balaban J connectivity index is 2.71. The van der Waals surface area contributed by atoms with Crippen LogP contribution in [0, 0.1) is 31.0 Å². The SMILES string of the molecule is COC(=O)[C@@H](OC(C)(C)C)c1c(C)nc(C#N)c(C)c1-c1ccc(NC(=O)OC(C)(C)C)cc1F. The van der Waals surface area contributed by atoms with Crippen LogP contribution in [0.25, 0.3) is 11.1 Å². The molecule has 1 amide bonds. The van der Waals surface area contributed by atoms with Crippen LogP contribution in [0.3, 0.4) is 0 Å². The van der Waals surface area contributed by atoms with Gasteiger partial charge in [-0.3, -0.25) is 5.32 Å². The van der Waals surface area contributed by atoms with Gasteiger partial charge in [0.25, 0.3) is 0 Å². The molecule has 35 heavy (non-hydrogen) atoms. The van der Waals surface area contributed by atoms with Gasteiger partial charge in [0, 0.05) is 22.5 Å². The minimum atomic E-state index is -1.21. The fourth-order valence-corrected chi connectivity index (χ4v) is 3.49. The minimum absolute atomic E-state index is 0.0935. The molecule has 0 aliphatic rings. The maximum Gasteiger partial charge on any atom is 0.412 e. The number of nitrogens with zero attached hydrogens (tertiary/aromatic N) is 2. The van der Waals surface area contributed by atoms with E-state index < -0.39 is 35.2 Å². The van der Waals surface area contributed by atoms with E-state index in [-0.39, 0.29) is 16.9 Å². The van der Waals surface area contributed by atoms with Gasteiger partial charge in [0.15, 0.2) is 6.10 Å². The van der Waals surface area contributed by atoms with Crippen molar-refractivity contribution in [2.24, 2.45) is 0 Å². The highest BCUT2D eigenvalue weighted by molar-refractivity contribution is 5.87. The van der Waals surface area contributed by atoms with Crippen LogP contribution < -0.4 is 5.32 Å². The predicted molar refractivity (Wildman–Crippen MR) is 129 cm³/mol. The first-order chi connectivity index (χ1) is 16.1. The van der Waals surface area contributed by atoms with E-state index in [4.69, 9.17) is 14.2 Å². The minimum Gasteiger partial charge on any atom is -0.467 e. The van der Waals surface area contributed by atoms with Gasteiger partial charge < -0.3 is 14.2 Å². The molecule has 1 aromatic carbocycles. The number of amides is 1. The van der Waals surface area contributed by atoms with Crippen molar-refractivity contribution < 1.29 is 28.2 Å². The van der Waals surface area contributed by atoms with Crippen LogP contribution in [0.1, 0.15) is 70.2 Å². The third-order valence-electron chi connectivity index (χ3n) is 4.81. The molecular weight excluding hydrogens is 453 g/mol. The summed E-state index contributed by atoms with van der Waals surface area (Å²) in [5.41, 5.74) is 0.239. The summed E-state index contributed by atoms with van der Waals surface area (Å²) in [5.74, 6) is -1.37. The lowest BCUT2D eigenvalue weighted by molar-refractivity contribution is -0.164. The smallest absolute Gasteiger partial charge is 0.412 e. The Morgan fingerprint density at radius 1 is 1.11 bits per heavy atom. The van der Waals surface area contributed by atoms with Gasteiger partial charge >= 0.3 is 12.1 Å². The van der Waals surface area contributed by atoms with E-state index in [9.17, 15) is 14.9 Å². The van der Waals surface area contributed by atoms with Crippen molar-refractivity contribution in [2.45, 2.75) is 72.7 Å². The van der Waals surface area contributed by atoms with Crippen molar-refractivity contribution >= 4 is 17.7 Å². The zero-order chi connectivity index (χ0) is 26.7. The monoisotopic (exact) mass is 485 g/mol. The molecule has 2 rings (SSSR count). The number of rotatable bonds is 5. The molecule has 0 aliphatic heterocycles. The largest absolute Gasteiger partial charge is 0.467 e. The van der Waals surface area contributed by atoms with Gasteiger partial charge in [-0.2, -0.15) is 5.26 Å². The second-order valence-corrected chi connectivity index (χ2v) is 10.0. The number of nitriles is 1. The lowest BCUT2D eigenvalue weighted by Gasteiger charge is -2.29. The molecule has 0 bridgehead atoms. The number of nitrogens with one attached hydrogen (secondary N) is 1. The van der Waals surface area contributed by atoms with Crippen LogP contribution in [0.5, 0.6) is 0 Å². The van der Waals surface area contributed by atoms with Gasteiger partial charge in [-0.05, 0) is 84.7 Å². The van der Waals surface area contributed by atoms with Gasteiger partial charge in [0.1, 0.15) is 23.2 Å². The van der Waals surface area contributed by atoms with E-state index in [0.29, 0.717) is 22.4 Å². The molecule has 188 valence electrons. The number of benzene rings is 1. The number of esters is 1. The van der Waals surface area contributed by atoms with E-state index in [1.165, 1.54) is 19.2 Å². The average Bonchev–Trinajstić information content (AvgIpc) is 2.71. The topological polar surface area (TPSA) is 111 Å². The zero-order valence-corrected chi connectivity index (χ0v) is 21.6. The molecule has 0 saturated carbocycles. The van der Waals surface area contributed by atoms with Crippen LogP contribution in [0.2, 0.25) is 0 Å². The van der Waals surface area contributed by atoms with Crippen molar-refractivity contribution in [3.63, 3.8) is 0 Å². The normalized spacial score (nSPS) is 12.5. The number of pyridine rings is 1. The molecule has 0 saturated heterocycles. The van der Waals surface area contributed by atoms with Gasteiger partial charge in [-0.1, -0.05) is 0 Å². The van der Waals surface area contributed by atoms with Crippen LogP contribution in [-0.4, -0.2) is 35.4 Å². The zero-order valence-electron chi connectivity index (χ0n) is 21.6. The number of aromatic nitrogens is 1. The number of aryl methyl sites for hydroxylation is 1. The summed E-state index contributed by atoms with van der Waals surface area (Å²) >= 11 is 0. The summed E-state index contributed by atoms with van der Waals surface area (Å²) in [5, 5.41) is 12.1. The summed E-state index contributed by atoms with van der Waals surface area (Å²) in [7, 11) is 1.23. The first kappa shape index (κ1) is 27.7. The van der Waals surface area contributed by atoms with Gasteiger partial charge in [0.2, 0.25) is 0 Å². The van der Waals surface area contributed by atoms with Crippen LogP contribution in [0.15, 0.2) is 18.2 Å². The second kappa shape index (κ2) is 10.4. The fourth-order valence-electron chi connectivity index (χ4n) is 3.49. The van der Waals surface area contributed by atoms with Crippen molar-refractivity contribution in [3.05, 3.63) is 46.5 Å². The summed E-state index contributed by atoms with van der Waals surface area (Å²) < 4.78 is 31.7. The summed E-state index contributed by atoms with van der Waals surface area (Å²) in [6.07, 6.45) is -1.94. The molecule has 1 N–H and O–H groups in total.